The molecule has 0 saturated carbocycles. The van der Waals surface area contributed by atoms with Gasteiger partial charge in [0.25, 0.3) is 5.91 Å². The topological polar surface area (TPSA) is 75.6 Å². The first-order valence-corrected chi connectivity index (χ1v) is 4.78. The number of hydrogen-bond donors (Lipinski definition) is 2. The molecule has 0 fully saturated rings. The Kier molecular flexibility index (Phi) is 2.40. The van der Waals surface area contributed by atoms with E-state index in [9.17, 15) is 14.7 Å². The van der Waals surface area contributed by atoms with Gasteiger partial charge in [-0.25, -0.2) is 0 Å². The number of aliphatic hydroxyl groups is 1. The number of hydrogen-bond acceptors (Lipinski definition) is 4. The number of ether oxygens (including phenoxy) is 1. The third-order valence-corrected chi connectivity index (χ3v) is 2.62. The summed E-state index contributed by atoms with van der Waals surface area (Å²) < 4.78 is 4.46. The Labute approximate surface area is 92.0 Å². The molecule has 2 rings (SSSR count). The summed E-state index contributed by atoms with van der Waals surface area (Å²) in [5, 5.41) is 12.7. The summed E-state index contributed by atoms with van der Waals surface area (Å²) in [4.78, 5) is 22.8. The van der Waals surface area contributed by atoms with E-state index >= 15 is 0 Å². The van der Waals surface area contributed by atoms with Gasteiger partial charge >= 0.3 is 5.97 Å². The van der Waals surface area contributed by atoms with Crippen molar-refractivity contribution in [3.63, 3.8) is 0 Å². The fourth-order valence-electron chi connectivity index (χ4n) is 1.76. The molecule has 0 saturated heterocycles. The van der Waals surface area contributed by atoms with Crippen molar-refractivity contribution in [2.75, 3.05) is 12.4 Å². The van der Waals surface area contributed by atoms with E-state index in [1.54, 1.807) is 24.3 Å². The Hall–Kier alpha value is -1.88. The first-order chi connectivity index (χ1) is 7.58. The van der Waals surface area contributed by atoms with Crippen molar-refractivity contribution in [3.8, 4) is 0 Å². The third kappa shape index (κ3) is 1.45. The van der Waals surface area contributed by atoms with Gasteiger partial charge in [0.1, 0.15) is 0 Å². The summed E-state index contributed by atoms with van der Waals surface area (Å²) in [7, 11) is 1.21. The van der Waals surface area contributed by atoms with Crippen LogP contribution in [0.5, 0.6) is 0 Å². The number of nitrogens with one attached hydrogen (secondary N) is 1. The molecule has 1 aliphatic rings. The number of carbonyl (C=O) groups is 2. The van der Waals surface area contributed by atoms with Gasteiger partial charge in [-0.15, -0.1) is 0 Å². The van der Waals surface area contributed by atoms with Crippen molar-refractivity contribution in [1.82, 2.24) is 0 Å². The summed E-state index contributed by atoms with van der Waals surface area (Å²) in [5.74, 6) is -1.23. The lowest BCUT2D eigenvalue weighted by Gasteiger charge is -2.18. The number of amides is 1. The van der Waals surface area contributed by atoms with E-state index in [0.717, 1.165) is 0 Å². The molecule has 1 aliphatic heterocycles. The molecule has 1 atom stereocenters. The number of carbonyl (C=O) groups excluding carboxylic acids is 2. The van der Waals surface area contributed by atoms with Crippen LogP contribution in [0, 0.1) is 0 Å². The Bertz CT molecular complexity index is 457. The van der Waals surface area contributed by atoms with Gasteiger partial charge < -0.3 is 15.2 Å². The maximum absolute atomic E-state index is 11.6. The molecular formula is C11H11NO4. The van der Waals surface area contributed by atoms with Crippen molar-refractivity contribution >= 4 is 17.6 Å². The number of fused-ring (bicyclic) bond motifs is 1. The van der Waals surface area contributed by atoms with E-state index in [4.69, 9.17) is 0 Å². The molecule has 1 amide bonds. The van der Waals surface area contributed by atoms with Crippen LogP contribution in [0.3, 0.4) is 0 Å². The highest BCUT2D eigenvalue weighted by molar-refractivity contribution is 6.06. The molecule has 2 N–H and O–H groups in total. The zero-order valence-electron chi connectivity index (χ0n) is 8.69. The minimum absolute atomic E-state index is 0.383. The molecule has 1 heterocycles. The van der Waals surface area contributed by atoms with E-state index in [-0.39, 0.29) is 6.42 Å². The molecule has 0 spiro atoms. The van der Waals surface area contributed by atoms with Crippen LogP contribution in [0.15, 0.2) is 24.3 Å². The highest BCUT2D eigenvalue weighted by Crippen LogP contribution is 2.38. The molecule has 84 valence electrons. The molecule has 16 heavy (non-hydrogen) atoms. The first-order valence-electron chi connectivity index (χ1n) is 4.78. The zero-order valence-corrected chi connectivity index (χ0v) is 8.69. The number of benzene rings is 1. The molecule has 0 aliphatic carbocycles. The van der Waals surface area contributed by atoms with Crippen LogP contribution in [0.4, 0.5) is 5.69 Å². The van der Waals surface area contributed by atoms with Gasteiger partial charge in [-0.2, -0.15) is 0 Å². The molecule has 0 unspecified atom stereocenters. The number of anilines is 1. The summed E-state index contributed by atoms with van der Waals surface area (Å²) >= 11 is 0. The van der Waals surface area contributed by atoms with Crippen LogP contribution in [0.2, 0.25) is 0 Å². The van der Waals surface area contributed by atoms with Gasteiger partial charge in [-0.3, -0.25) is 9.59 Å². The smallest absolute Gasteiger partial charge is 0.309 e. The number of esters is 1. The number of rotatable bonds is 2. The second-order valence-electron chi connectivity index (χ2n) is 3.61. The lowest BCUT2D eigenvalue weighted by Crippen LogP contribution is -2.36. The summed E-state index contributed by atoms with van der Waals surface area (Å²) in [5.41, 5.74) is -0.881. The average molecular weight is 221 g/mol. The van der Waals surface area contributed by atoms with E-state index in [1.165, 1.54) is 7.11 Å². The maximum atomic E-state index is 11.6. The fourth-order valence-corrected chi connectivity index (χ4v) is 1.76. The first kappa shape index (κ1) is 10.6. The van der Waals surface area contributed by atoms with E-state index in [2.05, 4.69) is 10.1 Å². The zero-order chi connectivity index (χ0) is 11.8. The Balaban J connectivity index is 2.40. The molecule has 1 aromatic rings. The van der Waals surface area contributed by atoms with E-state index in [1.807, 2.05) is 0 Å². The average Bonchev–Trinajstić information content (AvgIpc) is 2.52. The normalized spacial score (nSPS) is 22.5. The van der Waals surface area contributed by atoms with Crippen LogP contribution >= 0.6 is 0 Å². The predicted octanol–water partition coefficient (Wildman–Crippen LogP) is 0.389. The van der Waals surface area contributed by atoms with Crippen molar-refractivity contribution < 1.29 is 19.4 Å². The Morgan fingerprint density at radius 1 is 1.50 bits per heavy atom. The minimum atomic E-state index is -1.82. The van der Waals surface area contributed by atoms with Gasteiger partial charge in [0, 0.05) is 11.3 Å². The third-order valence-electron chi connectivity index (χ3n) is 2.62. The molecular weight excluding hydrogens is 210 g/mol. The van der Waals surface area contributed by atoms with Gasteiger partial charge in [-0.05, 0) is 6.07 Å². The summed E-state index contributed by atoms with van der Waals surface area (Å²) in [6, 6.07) is 6.71. The van der Waals surface area contributed by atoms with Crippen LogP contribution in [-0.2, 0) is 19.9 Å². The second kappa shape index (κ2) is 3.61. The number of methoxy groups -OCH3 is 1. The molecule has 0 bridgehead atoms. The van der Waals surface area contributed by atoms with E-state index < -0.39 is 17.5 Å². The van der Waals surface area contributed by atoms with Crippen molar-refractivity contribution in [1.29, 1.82) is 0 Å². The van der Waals surface area contributed by atoms with Crippen LogP contribution < -0.4 is 5.32 Å². The fraction of sp³-hybridized carbons (Fsp3) is 0.273. The molecule has 0 aromatic heterocycles. The molecule has 5 heteroatoms. The highest BCUT2D eigenvalue weighted by atomic mass is 16.5. The Morgan fingerprint density at radius 3 is 2.88 bits per heavy atom. The van der Waals surface area contributed by atoms with Crippen molar-refractivity contribution in [2.24, 2.45) is 0 Å². The molecule has 0 radical (unpaired) electrons. The maximum Gasteiger partial charge on any atom is 0.309 e. The quantitative estimate of drug-likeness (QED) is 0.708. The largest absolute Gasteiger partial charge is 0.469 e. The molecule has 5 nitrogen and oxygen atoms in total. The summed E-state index contributed by atoms with van der Waals surface area (Å²) in [6.45, 7) is 0. The van der Waals surface area contributed by atoms with Crippen LogP contribution in [-0.4, -0.2) is 24.1 Å². The minimum Gasteiger partial charge on any atom is -0.469 e. The predicted molar refractivity (Wildman–Crippen MR) is 55.6 cm³/mol. The van der Waals surface area contributed by atoms with Crippen LogP contribution in [0.1, 0.15) is 12.0 Å². The van der Waals surface area contributed by atoms with E-state index in [0.29, 0.717) is 11.3 Å². The van der Waals surface area contributed by atoms with Crippen LogP contribution in [0.25, 0.3) is 0 Å². The Morgan fingerprint density at radius 2 is 2.19 bits per heavy atom. The number of para-hydroxylation sites is 1. The van der Waals surface area contributed by atoms with Gasteiger partial charge in [0.15, 0.2) is 5.60 Å². The van der Waals surface area contributed by atoms with Gasteiger partial charge in [-0.1, -0.05) is 18.2 Å². The lowest BCUT2D eigenvalue weighted by molar-refractivity contribution is -0.152. The monoisotopic (exact) mass is 221 g/mol. The SMILES string of the molecule is COC(=O)C[C@@]1(O)C(=O)Nc2ccccc21. The van der Waals surface area contributed by atoms with Crippen molar-refractivity contribution in [2.45, 2.75) is 12.0 Å². The van der Waals surface area contributed by atoms with Crippen molar-refractivity contribution in [3.05, 3.63) is 29.8 Å². The highest BCUT2D eigenvalue weighted by Gasteiger charge is 2.46. The lowest BCUT2D eigenvalue weighted by atomic mass is 9.92. The summed E-state index contributed by atoms with van der Waals surface area (Å²) in [6.07, 6.45) is -0.383. The van der Waals surface area contributed by atoms with Gasteiger partial charge in [0.2, 0.25) is 0 Å². The molecule has 1 aromatic carbocycles. The van der Waals surface area contributed by atoms with Gasteiger partial charge in [0.05, 0.1) is 13.5 Å². The standard InChI is InChI=1S/C11H11NO4/c1-16-9(13)6-11(15)7-4-2-3-5-8(7)12-10(11)14/h2-5,15H,6H2,1H3,(H,12,14)/t11-/m0/s1. The second-order valence-corrected chi connectivity index (χ2v) is 3.61.